The van der Waals surface area contributed by atoms with Gasteiger partial charge in [-0.05, 0) is 6.92 Å². The molecule has 0 rings (SSSR count). The second-order valence-corrected chi connectivity index (χ2v) is 1.87. The molecule has 0 heterocycles. The molecule has 0 saturated heterocycles. The van der Waals surface area contributed by atoms with Crippen LogP contribution in [0.25, 0.3) is 0 Å². The first-order valence-electron chi connectivity index (χ1n) is 2.16. The van der Waals surface area contributed by atoms with Gasteiger partial charge in [-0.2, -0.15) is 0 Å². The quantitative estimate of drug-likeness (QED) is 0.476. The maximum Gasteiger partial charge on any atom is 0.0644 e. The SMILES string of the molecule is C=CC(C)(N)CO. The van der Waals surface area contributed by atoms with E-state index in [2.05, 4.69) is 6.58 Å². The first-order valence-corrected chi connectivity index (χ1v) is 2.16. The monoisotopic (exact) mass is 101 g/mol. The number of hydrogen-bond donors (Lipinski definition) is 2. The van der Waals surface area contributed by atoms with E-state index in [4.69, 9.17) is 10.8 Å². The third-order valence-corrected chi connectivity index (χ3v) is 0.807. The van der Waals surface area contributed by atoms with E-state index in [1.807, 2.05) is 0 Å². The minimum atomic E-state index is -0.597. The second-order valence-electron chi connectivity index (χ2n) is 1.87. The Morgan fingerprint density at radius 2 is 2.43 bits per heavy atom. The smallest absolute Gasteiger partial charge is 0.0644 e. The summed E-state index contributed by atoms with van der Waals surface area (Å²) in [6, 6.07) is 0. The summed E-state index contributed by atoms with van der Waals surface area (Å²) in [5.74, 6) is 0. The van der Waals surface area contributed by atoms with Gasteiger partial charge in [-0.15, -0.1) is 6.58 Å². The van der Waals surface area contributed by atoms with Gasteiger partial charge in [-0.25, -0.2) is 0 Å². The lowest BCUT2D eigenvalue weighted by Gasteiger charge is -2.14. The van der Waals surface area contributed by atoms with Crippen molar-refractivity contribution < 1.29 is 5.11 Å². The lowest BCUT2D eigenvalue weighted by atomic mass is 10.1. The van der Waals surface area contributed by atoms with Crippen LogP contribution in [0.1, 0.15) is 6.92 Å². The van der Waals surface area contributed by atoms with Gasteiger partial charge in [0.25, 0.3) is 0 Å². The van der Waals surface area contributed by atoms with Gasteiger partial charge in [0.15, 0.2) is 0 Å². The standard InChI is InChI=1S/C5H11NO/c1-3-5(2,6)4-7/h3,7H,1,4,6H2,2H3. The summed E-state index contributed by atoms with van der Waals surface area (Å²) in [4.78, 5) is 0. The average Bonchev–Trinajstić information content (AvgIpc) is 1.68. The van der Waals surface area contributed by atoms with Crippen LogP contribution in [0.5, 0.6) is 0 Å². The van der Waals surface area contributed by atoms with Crippen LogP contribution in [0.3, 0.4) is 0 Å². The van der Waals surface area contributed by atoms with Crippen molar-refractivity contribution in [3.05, 3.63) is 12.7 Å². The van der Waals surface area contributed by atoms with E-state index in [0.717, 1.165) is 0 Å². The molecular formula is C5H11NO. The molecule has 0 aromatic heterocycles. The number of aliphatic hydroxyl groups excluding tert-OH is 1. The molecule has 1 atom stereocenters. The van der Waals surface area contributed by atoms with Crippen LogP contribution in [-0.4, -0.2) is 17.3 Å². The molecule has 0 aromatic rings. The van der Waals surface area contributed by atoms with Gasteiger partial charge in [0.2, 0.25) is 0 Å². The second kappa shape index (κ2) is 2.09. The molecule has 42 valence electrons. The summed E-state index contributed by atoms with van der Waals surface area (Å²) in [6.07, 6.45) is 1.52. The summed E-state index contributed by atoms with van der Waals surface area (Å²) < 4.78 is 0. The molecule has 2 nitrogen and oxygen atoms in total. The van der Waals surface area contributed by atoms with E-state index in [1.54, 1.807) is 6.92 Å². The minimum Gasteiger partial charge on any atom is -0.394 e. The van der Waals surface area contributed by atoms with Crippen LogP contribution in [0.4, 0.5) is 0 Å². The Morgan fingerprint density at radius 1 is 2.00 bits per heavy atom. The van der Waals surface area contributed by atoms with Crippen LogP contribution in [0.15, 0.2) is 12.7 Å². The first kappa shape index (κ1) is 6.66. The molecular weight excluding hydrogens is 90.1 g/mol. The number of nitrogens with two attached hydrogens (primary N) is 1. The minimum absolute atomic E-state index is 0.0451. The van der Waals surface area contributed by atoms with Crippen LogP contribution >= 0.6 is 0 Å². The van der Waals surface area contributed by atoms with Gasteiger partial charge in [0, 0.05) is 0 Å². The maximum absolute atomic E-state index is 8.40. The molecule has 1 unspecified atom stereocenters. The Kier molecular flexibility index (Phi) is 1.99. The van der Waals surface area contributed by atoms with E-state index in [-0.39, 0.29) is 6.61 Å². The summed E-state index contributed by atoms with van der Waals surface area (Å²) >= 11 is 0. The zero-order chi connectivity index (χ0) is 5.91. The summed E-state index contributed by atoms with van der Waals surface area (Å²) in [7, 11) is 0. The van der Waals surface area contributed by atoms with Crippen molar-refractivity contribution in [1.29, 1.82) is 0 Å². The zero-order valence-electron chi connectivity index (χ0n) is 4.52. The maximum atomic E-state index is 8.40. The molecule has 0 aliphatic heterocycles. The fraction of sp³-hybridized carbons (Fsp3) is 0.600. The molecule has 0 fully saturated rings. The Bertz CT molecular complexity index is 68.5. The number of aliphatic hydroxyl groups is 1. The normalized spacial score (nSPS) is 18.1. The molecule has 0 saturated carbocycles. The van der Waals surface area contributed by atoms with Crippen molar-refractivity contribution in [3.8, 4) is 0 Å². The van der Waals surface area contributed by atoms with Crippen LogP contribution in [0.2, 0.25) is 0 Å². The van der Waals surface area contributed by atoms with Gasteiger partial charge in [0.05, 0.1) is 12.1 Å². The molecule has 0 bridgehead atoms. The average molecular weight is 101 g/mol. The van der Waals surface area contributed by atoms with Gasteiger partial charge in [-0.3, -0.25) is 0 Å². The van der Waals surface area contributed by atoms with Crippen molar-refractivity contribution >= 4 is 0 Å². The van der Waals surface area contributed by atoms with Gasteiger partial charge in [0.1, 0.15) is 0 Å². The third kappa shape index (κ3) is 2.37. The van der Waals surface area contributed by atoms with Crippen molar-refractivity contribution in [3.63, 3.8) is 0 Å². The third-order valence-electron chi connectivity index (χ3n) is 0.807. The predicted octanol–water partition coefficient (Wildman–Crippen LogP) is -0.118. The van der Waals surface area contributed by atoms with Crippen molar-refractivity contribution in [1.82, 2.24) is 0 Å². The highest BCUT2D eigenvalue weighted by Gasteiger charge is 2.08. The lowest BCUT2D eigenvalue weighted by Crippen LogP contribution is -2.37. The highest BCUT2D eigenvalue weighted by Crippen LogP contribution is 1.94. The summed E-state index contributed by atoms with van der Waals surface area (Å²) in [5.41, 5.74) is 4.75. The Morgan fingerprint density at radius 3 is 2.43 bits per heavy atom. The van der Waals surface area contributed by atoms with E-state index in [0.29, 0.717) is 0 Å². The van der Waals surface area contributed by atoms with Gasteiger partial charge >= 0.3 is 0 Å². The largest absolute Gasteiger partial charge is 0.394 e. The molecule has 2 heteroatoms. The van der Waals surface area contributed by atoms with Crippen LogP contribution in [-0.2, 0) is 0 Å². The number of hydrogen-bond acceptors (Lipinski definition) is 2. The Balaban J connectivity index is 3.58. The van der Waals surface area contributed by atoms with E-state index < -0.39 is 5.54 Å². The molecule has 7 heavy (non-hydrogen) atoms. The van der Waals surface area contributed by atoms with E-state index >= 15 is 0 Å². The number of rotatable bonds is 2. The zero-order valence-corrected chi connectivity index (χ0v) is 4.52. The van der Waals surface area contributed by atoms with Crippen molar-refractivity contribution in [2.24, 2.45) is 5.73 Å². The molecule has 0 aliphatic carbocycles. The predicted molar refractivity (Wildman–Crippen MR) is 29.9 cm³/mol. The van der Waals surface area contributed by atoms with Crippen LogP contribution < -0.4 is 5.73 Å². The van der Waals surface area contributed by atoms with Crippen molar-refractivity contribution in [2.45, 2.75) is 12.5 Å². The van der Waals surface area contributed by atoms with Gasteiger partial charge < -0.3 is 10.8 Å². The molecule has 3 N–H and O–H groups in total. The molecule has 0 aromatic carbocycles. The van der Waals surface area contributed by atoms with Gasteiger partial charge in [-0.1, -0.05) is 6.08 Å². The molecule has 0 amide bonds. The molecule has 0 radical (unpaired) electrons. The Hall–Kier alpha value is -0.340. The fourth-order valence-electron chi connectivity index (χ4n) is 0.0645. The summed E-state index contributed by atoms with van der Waals surface area (Å²) in [5, 5.41) is 8.40. The fourth-order valence-corrected chi connectivity index (χ4v) is 0.0645. The topological polar surface area (TPSA) is 46.2 Å². The first-order chi connectivity index (χ1) is 3.12. The molecule has 0 aliphatic rings. The van der Waals surface area contributed by atoms with E-state index in [1.165, 1.54) is 6.08 Å². The lowest BCUT2D eigenvalue weighted by molar-refractivity contribution is 0.238. The summed E-state index contributed by atoms with van der Waals surface area (Å²) in [6.45, 7) is 5.08. The molecule has 0 spiro atoms. The van der Waals surface area contributed by atoms with Crippen molar-refractivity contribution in [2.75, 3.05) is 6.61 Å². The highest BCUT2D eigenvalue weighted by molar-refractivity contribution is 4.95. The van der Waals surface area contributed by atoms with Crippen LogP contribution in [0, 0.1) is 0 Å². The van der Waals surface area contributed by atoms with E-state index in [9.17, 15) is 0 Å². The Labute approximate surface area is 43.6 Å². The highest BCUT2D eigenvalue weighted by atomic mass is 16.3.